The van der Waals surface area contributed by atoms with Crippen LogP contribution in [0.4, 0.5) is 0 Å². The van der Waals surface area contributed by atoms with Crippen LogP contribution >= 0.6 is 34.8 Å². The van der Waals surface area contributed by atoms with E-state index in [0.717, 1.165) is 3.57 Å². The molecule has 3 N–H and O–H groups in total. The molecule has 0 saturated carbocycles. The molecule has 2 aromatic rings. The van der Waals surface area contributed by atoms with Crippen molar-refractivity contribution in [3.63, 3.8) is 0 Å². The van der Waals surface area contributed by atoms with Crippen molar-refractivity contribution in [2.45, 2.75) is 0 Å². The Morgan fingerprint density at radius 2 is 1.79 bits per heavy atom. The Hall–Kier alpha value is -2.66. The number of carbonyl (C=O) groups is 2. The molecule has 0 saturated heterocycles. The van der Waals surface area contributed by atoms with Crippen LogP contribution in [0.3, 0.4) is 0 Å². The van der Waals surface area contributed by atoms with Gasteiger partial charge in [0, 0.05) is 11.1 Å². The maximum atomic E-state index is 12.2. The molecule has 2 rings (SSSR count). The second-order valence-corrected chi connectivity index (χ2v) is 6.91. The average molecular weight is 511 g/mol. The Kier molecular flexibility index (Phi) is 8.20. The second-order valence-electron chi connectivity index (χ2n) is 5.34. The lowest BCUT2D eigenvalue weighted by Crippen LogP contribution is -2.48. The molecule has 146 valence electrons. The molecule has 0 heterocycles. The number of halogens is 1. The molecule has 0 aromatic heterocycles. The van der Waals surface area contributed by atoms with Crippen LogP contribution in [-0.2, 0) is 0 Å². The highest BCUT2D eigenvalue weighted by Gasteiger charge is 2.11. The summed E-state index contributed by atoms with van der Waals surface area (Å²) in [6, 6.07) is 11.5. The summed E-state index contributed by atoms with van der Waals surface area (Å²) >= 11 is 7.10. The van der Waals surface area contributed by atoms with E-state index in [9.17, 15) is 9.59 Å². The lowest BCUT2D eigenvalue weighted by molar-refractivity contribution is 0.0934. The summed E-state index contributed by atoms with van der Waals surface area (Å²) in [5, 5.41) is 2.46. The molecule has 7 nitrogen and oxygen atoms in total. The highest BCUT2D eigenvalue weighted by atomic mass is 127. The first kappa shape index (κ1) is 21.6. The Bertz CT molecular complexity index is 887. The number of ether oxygens (including phenoxy) is 2. The fourth-order valence-electron chi connectivity index (χ4n) is 2.06. The van der Waals surface area contributed by atoms with E-state index in [1.165, 1.54) is 0 Å². The van der Waals surface area contributed by atoms with Gasteiger partial charge in [-0.05, 0) is 77.3 Å². The zero-order valence-corrected chi connectivity index (χ0v) is 17.9. The highest BCUT2D eigenvalue weighted by Crippen LogP contribution is 2.21. The van der Waals surface area contributed by atoms with Gasteiger partial charge in [0.15, 0.2) is 5.11 Å². The monoisotopic (exact) mass is 511 g/mol. The number of benzene rings is 2. The molecule has 0 fully saturated rings. The van der Waals surface area contributed by atoms with Gasteiger partial charge in [-0.3, -0.25) is 25.8 Å². The van der Waals surface area contributed by atoms with Crippen molar-refractivity contribution in [3.8, 4) is 11.5 Å². The molecule has 0 spiro atoms. The fraction of sp³-hybridized carbons (Fsp3) is 0.105. The quantitative estimate of drug-likeness (QED) is 0.239. The van der Waals surface area contributed by atoms with Gasteiger partial charge in [0.05, 0.1) is 10.7 Å². The number of methoxy groups -OCH3 is 1. The second kappa shape index (κ2) is 10.6. The van der Waals surface area contributed by atoms with Crippen molar-refractivity contribution in [1.29, 1.82) is 0 Å². The molecule has 0 bridgehead atoms. The molecule has 0 unspecified atom stereocenters. The topological polar surface area (TPSA) is 88.7 Å². The van der Waals surface area contributed by atoms with Crippen molar-refractivity contribution in [1.82, 2.24) is 16.2 Å². The van der Waals surface area contributed by atoms with Crippen LogP contribution in [0.5, 0.6) is 11.5 Å². The summed E-state index contributed by atoms with van der Waals surface area (Å²) in [5.41, 5.74) is 5.73. The van der Waals surface area contributed by atoms with E-state index in [1.807, 2.05) is 0 Å². The van der Waals surface area contributed by atoms with Crippen LogP contribution in [0.25, 0.3) is 0 Å². The Morgan fingerprint density at radius 3 is 2.39 bits per heavy atom. The van der Waals surface area contributed by atoms with E-state index in [2.05, 4.69) is 45.3 Å². The van der Waals surface area contributed by atoms with Gasteiger partial charge >= 0.3 is 0 Å². The molecular weight excluding hydrogens is 493 g/mol. The first-order valence-electron chi connectivity index (χ1n) is 8.03. The van der Waals surface area contributed by atoms with Gasteiger partial charge in [-0.25, -0.2) is 0 Å². The number of nitrogens with one attached hydrogen (secondary N) is 3. The third-order valence-electron chi connectivity index (χ3n) is 3.41. The molecular formula is C19H18IN3O4S. The summed E-state index contributed by atoms with van der Waals surface area (Å²) in [6.07, 6.45) is 1.63. The number of thiocarbonyl (C=S) groups is 1. The maximum Gasteiger partial charge on any atom is 0.269 e. The summed E-state index contributed by atoms with van der Waals surface area (Å²) in [7, 11) is 1.56. The van der Waals surface area contributed by atoms with E-state index in [1.54, 1.807) is 55.7 Å². The molecule has 0 aliphatic rings. The van der Waals surface area contributed by atoms with Crippen LogP contribution in [0.1, 0.15) is 20.7 Å². The van der Waals surface area contributed by atoms with Gasteiger partial charge in [0.25, 0.3) is 11.8 Å². The third kappa shape index (κ3) is 6.20. The summed E-state index contributed by atoms with van der Waals surface area (Å²) in [6.45, 7) is 3.95. The first-order valence-corrected chi connectivity index (χ1v) is 9.52. The average Bonchev–Trinajstić information content (AvgIpc) is 2.70. The van der Waals surface area contributed by atoms with Crippen LogP contribution in [0.15, 0.2) is 55.1 Å². The van der Waals surface area contributed by atoms with Crippen molar-refractivity contribution in [3.05, 3.63) is 69.8 Å². The molecule has 0 aliphatic carbocycles. The number of rotatable bonds is 6. The van der Waals surface area contributed by atoms with Gasteiger partial charge < -0.3 is 9.47 Å². The van der Waals surface area contributed by atoms with Gasteiger partial charge in [0.2, 0.25) is 0 Å². The fourth-order valence-corrected chi connectivity index (χ4v) is 2.94. The zero-order valence-electron chi connectivity index (χ0n) is 15.0. The maximum absolute atomic E-state index is 12.2. The van der Waals surface area contributed by atoms with Gasteiger partial charge in [0.1, 0.15) is 18.1 Å². The minimum absolute atomic E-state index is 0.0323. The summed E-state index contributed by atoms with van der Waals surface area (Å²) < 4.78 is 11.3. The summed E-state index contributed by atoms with van der Waals surface area (Å²) in [4.78, 5) is 24.4. The number of hydrazine groups is 1. The lowest BCUT2D eigenvalue weighted by atomic mass is 10.2. The molecule has 0 radical (unpaired) electrons. The minimum Gasteiger partial charge on any atom is -0.496 e. The van der Waals surface area contributed by atoms with Gasteiger partial charge in [-0.2, -0.15) is 0 Å². The van der Waals surface area contributed by atoms with Crippen LogP contribution in [-0.4, -0.2) is 30.6 Å². The molecule has 0 aliphatic heterocycles. The lowest BCUT2D eigenvalue weighted by Gasteiger charge is -2.12. The van der Waals surface area contributed by atoms with Crippen molar-refractivity contribution < 1.29 is 19.1 Å². The number of hydrogen-bond acceptors (Lipinski definition) is 5. The van der Waals surface area contributed by atoms with E-state index in [0.29, 0.717) is 29.2 Å². The first-order chi connectivity index (χ1) is 13.4. The largest absolute Gasteiger partial charge is 0.496 e. The molecule has 2 amide bonds. The molecule has 9 heteroatoms. The highest BCUT2D eigenvalue weighted by molar-refractivity contribution is 14.1. The van der Waals surface area contributed by atoms with Crippen LogP contribution in [0, 0.1) is 3.57 Å². The van der Waals surface area contributed by atoms with Gasteiger partial charge in [-0.15, -0.1) is 0 Å². The standard InChI is InChI=1S/C19H18IN3O4S/c1-3-10-27-14-7-4-12(5-8-14)18(25)22-23-19(28)21-17(24)13-6-9-16(26-2)15(20)11-13/h3-9,11H,1,10H2,2H3,(H,22,25)(H2,21,23,24,28). The Balaban J connectivity index is 1.85. The van der Waals surface area contributed by atoms with Crippen LogP contribution in [0.2, 0.25) is 0 Å². The predicted octanol–water partition coefficient (Wildman–Crippen LogP) is 2.81. The Labute approximate surface area is 181 Å². The van der Waals surface area contributed by atoms with Crippen molar-refractivity contribution in [2.24, 2.45) is 0 Å². The number of amides is 2. The molecule has 2 aromatic carbocycles. The zero-order chi connectivity index (χ0) is 20.5. The molecule has 28 heavy (non-hydrogen) atoms. The van der Waals surface area contributed by atoms with Crippen molar-refractivity contribution in [2.75, 3.05) is 13.7 Å². The summed E-state index contributed by atoms with van der Waals surface area (Å²) in [5.74, 6) is 0.481. The minimum atomic E-state index is -0.411. The van der Waals surface area contributed by atoms with E-state index in [4.69, 9.17) is 21.7 Å². The normalized spacial score (nSPS) is 9.79. The van der Waals surface area contributed by atoms with E-state index < -0.39 is 11.8 Å². The molecule has 0 atom stereocenters. The van der Waals surface area contributed by atoms with Crippen molar-refractivity contribution >= 4 is 51.7 Å². The number of hydrogen-bond donors (Lipinski definition) is 3. The van der Waals surface area contributed by atoms with E-state index in [-0.39, 0.29) is 5.11 Å². The smallest absolute Gasteiger partial charge is 0.269 e. The van der Waals surface area contributed by atoms with Gasteiger partial charge in [-0.1, -0.05) is 12.7 Å². The Morgan fingerprint density at radius 1 is 1.11 bits per heavy atom. The third-order valence-corrected chi connectivity index (χ3v) is 4.46. The SMILES string of the molecule is C=CCOc1ccc(C(=O)NNC(=S)NC(=O)c2ccc(OC)c(I)c2)cc1. The number of carbonyl (C=O) groups excluding carboxylic acids is 2. The van der Waals surface area contributed by atoms with Crippen LogP contribution < -0.4 is 25.6 Å². The van der Waals surface area contributed by atoms with E-state index >= 15 is 0 Å². The predicted molar refractivity (Wildman–Crippen MR) is 119 cm³/mol.